The molecular formula is C19H25N3O4S. The van der Waals surface area contributed by atoms with Gasteiger partial charge in [0.2, 0.25) is 0 Å². The van der Waals surface area contributed by atoms with Gasteiger partial charge in [0.05, 0.1) is 10.3 Å². The number of aliphatic imine (C=N–C) groups is 1. The van der Waals surface area contributed by atoms with Gasteiger partial charge in [-0.1, -0.05) is 6.92 Å². The Morgan fingerprint density at radius 1 is 1.37 bits per heavy atom. The molecule has 0 aromatic carbocycles. The van der Waals surface area contributed by atoms with E-state index in [1.807, 2.05) is 13.8 Å². The molecule has 1 aliphatic carbocycles. The van der Waals surface area contributed by atoms with Gasteiger partial charge in [0, 0.05) is 19.3 Å². The number of carbonyl (C=O) groups excluding carboxylic acids is 1. The van der Waals surface area contributed by atoms with E-state index in [1.54, 1.807) is 34.0 Å². The molecule has 146 valence electrons. The summed E-state index contributed by atoms with van der Waals surface area (Å²) in [6.07, 6.45) is 2.44. The number of fused-ring (bicyclic) bond motifs is 1. The number of ether oxygens (including phenoxy) is 1. The molecule has 0 radical (unpaired) electrons. The lowest BCUT2D eigenvalue weighted by molar-refractivity contribution is -0.152. The average molecular weight is 391 g/mol. The fraction of sp³-hybridized carbons (Fsp3) is 0.579. The van der Waals surface area contributed by atoms with Crippen LogP contribution in [-0.2, 0) is 16.6 Å². The summed E-state index contributed by atoms with van der Waals surface area (Å²) in [5, 5.41) is 0.555. The van der Waals surface area contributed by atoms with Crippen LogP contribution in [-0.4, -0.2) is 33.5 Å². The highest BCUT2D eigenvalue weighted by atomic mass is 32.1. The Kier molecular flexibility index (Phi) is 4.88. The monoisotopic (exact) mass is 391 g/mol. The van der Waals surface area contributed by atoms with Crippen molar-refractivity contribution in [2.24, 2.45) is 18.0 Å². The largest absolute Gasteiger partial charge is 0.459 e. The van der Waals surface area contributed by atoms with Crippen LogP contribution in [0, 0.1) is 12.8 Å². The zero-order valence-electron chi connectivity index (χ0n) is 16.5. The zero-order valence-corrected chi connectivity index (χ0v) is 17.3. The predicted molar refractivity (Wildman–Crippen MR) is 107 cm³/mol. The molecule has 27 heavy (non-hydrogen) atoms. The standard InChI is InChI=1S/C19H25N3O4S/c1-10-7-12(10)22-16(24)15-11(2)13(27-17(15)21(6)18(22)25)8-20-9-14(23)26-19(3,4)5/h8,10,12H,7,9H2,1-6H3/t10-,12-/m0/s1. The first-order chi connectivity index (χ1) is 12.5. The molecule has 1 fully saturated rings. The maximum atomic E-state index is 12.9. The highest BCUT2D eigenvalue weighted by Crippen LogP contribution is 2.41. The molecule has 0 saturated heterocycles. The van der Waals surface area contributed by atoms with E-state index in [9.17, 15) is 14.4 Å². The van der Waals surface area contributed by atoms with E-state index in [4.69, 9.17) is 4.74 Å². The molecule has 0 bridgehead atoms. The number of aromatic nitrogens is 2. The van der Waals surface area contributed by atoms with Crippen LogP contribution in [0.15, 0.2) is 14.6 Å². The lowest BCUT2D eigenvalue weighted by Gasteiger charge is -2.18. The molecule has 2 atom stereocenters. The van der Waals surface area contributed by atoms with Crippen LogP contribution in [0.25, 0.3) is 10.2 Å². The highest BCUT2D eigenvalue weighted by Gasteiger charge is 2.37. The summed E-state index contributed by atoms with van der Waals surface area (Å²) in [7, 11) is 1.69. The van der Waals surface area contributed by atoms with Crippen molar-refractivity contribution < 1.29 is 9.53 Å². The van der Waals surface area contributed by atoms with Gasteiger partial charge >= 0.3 is 11.7 Å². The Morgan fingerprint density at radius 3 is 2.56 bits per heavy atom. The smallest absolute Gasteiger partial charge is 0.332 e. The minimum atomic E-state index is -0.552. The maximum Gasteiger partial charge on any atom is 0.332 e. The average Bonchev–Trinajstić information content (AvgIpc) is 3.15. The van der Waals surface area contributed by atoms with Crippen molar-refractivity contribution >= 4 is 33.7 Å². The Bertz CT molecular complexity index is 1050. The molecule has 0 N–H and O–H groups in total. The van der Waals surface area contributed by atoms with Crippen molar-refractivity contribution in [2.45, 2.75) is 52.7 Å². The van der Waals surface area contributed by atoms with E-state index in [2.05, 4.69) is 4.99 Å². The summed E-state index contributed by atoms with van der Waals surface area (Å²) in [4.78, 5) is 42.9. The third-order valence-corrected chi connectivity index (χ3v) is 5.95. The van der Waals surface area contributed by atoms with Crippen LogP contribution < -0.4 is 11.2 Å². The fourth-order valence-corrected chi connectivity index (χ4v) is 4.26. The van der Waals surface area contributed by atoms with Gasteiger partial charge in [-0.05, 0) is 45.6 Å². The summed E-state index contributed by atoms with van der Waals surface area (Å²) in [5.41, 5.74) is -0.280. The molecule has 1 saturated carbocycles. The minimum absolute atomic E-state index is 0.0100. The molecule has 0 amide bonds. The van der Waals surface area contributed by atoms with E-state index in [1.165, 1.54) is 20.5 Å². The van der Waals surface area contributed by atoms with E-state index < -0.39 is 11.6 Å². The Balaban J connectivity index is 1.96. The molecule has 1 aliphatic rings. The third kappa shape index (κ3) is 3.76. The molecule has 8 heteroatoms. The number of carbonyl (C=O) groups is 1. The summed E-state index contributed by atoms with van der Waals surface area (Å²) < 4.78 is 8.15. The third-order valence-electron chi connectivity index (χ3n) is 4.64. The molecule has 0 spiro atoms. The second-order valence-electron chi connectivity index (χ2n) is 8.12. The van der Waals surface area contributed by atoms with E-state index in [-0.39, 0.29) is 23.8 Å². The Morgan fingerprint density at radius 2 is 2.00 bits per heavy atom. The number of nitrogens with zero attached hydrogens (tertiary/aromatic N) is 3. The topological polar surface area (TPSA) is 82.7 Å². The number of rotatable bonds is 4. The van der Waals surface area contributed by atoms with Crippen LogP contribution in [0.2, 0.25) is 0 Å². The molecule has 2 aromatic rings. The molecular weight excluding hydrogens is 366 g/mol. The fourth-order valence-electron chi connectivity index (χ4n) is 3.11. The normalized spacial score (nSPS) is 19.8. The van der Waals surface area contributed by atoms with Crippen molar-refractivity contribution in [3.63, 3.8) is 0 Å². The maximum absolute atomic E-state index is 12.9. The van der Waals surface area contributed by atoms with Gasteiger partial charge in [-0.25, -0.2) is 4.79 Å². The summed E-state index contributed by atoms with van der Waals surface area (Å²) in [6, 6.07) is -0.0100. The zero-order chi connectivity index (χ0) is 20.1. The van der Waals surface area contributed by atoms with Crippen LogP contribution in [0.4, 0.5) is 0 Å². The van der Waals surface area contributed by atoms with Crippen LogP contribution in [0.3, 0.4) is 0 Å². The van der Waals surface area contributed by atoms with Gasteiger partial charge in [0.15, 0.2) is 0 Å². The van der Waals surface area contributed by atoms with Gasteiger partial charge in [-0.15, -0.1) is 11.3 Å². The summed E-state index contributed by atoms with van der Waals surface area (Å²) >= 11 is 1.33. The van der Waals surface area contributed by atoms with Crippen LogP contribution in [0.1, 0.15) is 50.6 Å². The van der Waals surface area contributed by atoms with Crippen LogP contribution >= 0.6 is 11.3 Å². The van der Waals surface area contributed by atoms with Crippen molar-refractivity contribution in [1.82, 2.24) is 9.13 Å². The second kappa shape index (κ2) is 6.74. The van der Waals surface area contributed by atoms with Gasteiger partial charge in [0.1, 0.15) is 17.0 Å². The highest BCUT2D eigenvalue weighted by molar-refractivity contribution is 7.20. The molecule has 7 nitrogen and oxygen atoms in total. The molecule has 0 aliphatic heterocycles. The minimum Gasteiger partial charge on any atom is -0.459 e. The van der Waals surface area contributed by atoms with Gasteiger partial charge in [-0.3, -0.25) is 23.7 Å². The summed E-state index contributed by atoms with van der Waals surface area (Å²) in [6.45, 7) is 9.20. The predicted octanol–water partition coefficient (Wildman–Crippen LogP) is 2.41. The second-order valence-corrected chi connectivity index (χ2v) is 9.16. The first-order valence-electron chi connectivity index (χ1n) is 8.97. The molecule has 3 rings (SSSR count). The van der Waals surface area contributed by atoms with Crippen molar-refractivity contribution in [3.05, 3.63) is 31.3 Å². The Labute approximate surface area is 161 Å². The number of aryl methyl sites for hydroxylation is 2. The number of hydrogen-bond donors (Lipinski definition) is 0. The van der Waals surface area contributed by atoms with Gasteiger partial charge < -0.3 is 4.74 Å². The van der Waals surface area contributed by atoms with E-state index in [0.29, 0.717) is 16.1 Å². The Hall–Kier alpha value is -2.22. The lowest BCUT2D eigenvalue weighted by atomic mass is 10.2. The number of hydrogen-bond acceptors (Lipinski definition) is 6. The first kappa shape index (κ1) is 19.5. The SMILES string of the molecule is Cc1c(C=NCC(=O)OC(C)(C)C)sc2c1c(=O)n([C@H]1C[C@@H]1C)c(=O)n2C. The van der Waals surface area contributed by atoms with Gasteiger partial charge in [-0.2, -0.15) is 0 Å². The number of thiophene rings is 1. The number of esters is 1. The molecule has 0 unspecified atom stereocenters. The van der Waals surface area contributed by atoms with Crippen molar-refractivity contribution in [3.8, 4) is 0 Å². The van der Waals surface area contributed by atoms with Crippen LogP contribution in [0.5, 0.6) is 0 Å². The van der Waals surface area contributed by atoms with E-state index in [0.717, 1.165) is 16.9 Å². The van der Waals surface area contributed by atoms with Crippen molar-refractivity contribution in [1.29, 1.82) is 0 Å². The van der Waals surface area contributed by atoms with Crippen molar-refractivity contribution in [2.75, 3.05) is 6.54 Å². The molecule has 2 aromatic heterocycles. The quantitative estimate of drug-likeness (QED) is 0.592. The lowest BCUT2D eigenvalue weighted by Crippen LogP contribution is -2.38. The molecule has 2 heterocycles. The van der Waals surface area contributed by atoms with E-state index >= 15 is 0 Å². The van der Waals surface area contributed by atoms with Gasteiger partial charge in [0.25, 0.3) is 5.56 Å². The summed E-state index contributed by atoms with van der Waals surface area (Å²) in [5.74, 6) is -0.0587. The first-order valence-corrected chi connectivity index (χ1v) is 9.79.